The number of hydrogen-bond acceptors (Lipinski definition) is 8. The second-order valence-electron chi connectivity index (χ2n) is 8.40. The van der Waals surface area contributed by atoms with Gasteiger partial charge in [0, 0.05) is 17.4 Å². The maximum Gasteiger partial charge on any atom is 0.357 e. The molecule has 3 aromatic rings. The highest BCUT2D eigenvalue weighted by atomic mass is 32.2. The topological polar surface area (TPSA) is 127 Å². The number of benzene rings is 2. The van der Waals surface area contributed by atoms with Crippen LogP contribution in [0.5, 0.6) is 11.5 Å². The van der Waals surface area contributed by atoms with E-state index in [2.05, 4.69) is 17.6 Å². The lowest BCUT2D eigenvalue weighted by atomic mass is 10.0. The van der Waals surface area contributed by atoms with Gasteiger partial charge in [-0.25, -0.2) is 4.98 Å². The summed E-state index contributed by atoms with van der Waals surface area (Å²) in [6.45, 7) is 3.68. The van der Waals surface area contributed by atoms with Crippen LogP contribution in [0.4, 0.5) is 5.69 Å². The molecule has 9 nitrogen and oxygen atoms in total. The Hall–Kier alpha value is -2.99. The normalized spacial score (nSPS) is 13.8. The molecule has 0 bridgehead atoms. The molecular weight excluding hydrogens is 502 g/mol. The highest BCUT2D eigenvalue weighted by Crippen LogP contribution is 2.31. The van der Waals surface area contributed by atoms with Crippen LogP contribution in [0.1, 0.15) is 52.4 Å². The predicted octanol–water partition coefficient (Wildman–Crippen LogP) is 4.23. The minimum atomic E-state index is -4.31. The van der Waals surface area contributed by atoms with Gasteiger partial charge in [0.15, 0.2) is 17.3 Å². The molecule has 0 aliphatic carbocycles. The number of ether oxygens (including phenoxy) is 2. The second-order valence-corrected chi connectivity index (χ2v) is 10.4. The summed E-state index contributed by atoms with van der Waals surface area (Å²) in [4.78, 5) is 17.4. The first kappa shape index (κ1) is 26.1. The van der Waals surface area contributed by atoms with Gasteiger partial charge in [-0.1, -0.05) is 19.1 Å². The van der Waals surface area contributed by atoms with Crippen LogP contribution in [0.3, 0.4) is 0 Å². The fourth-order valence-corrected chi connectivity index (χ4v) is 5.28. The number of carbonyl (C=O) groups is 1. The van der Waals surface area contributed by atoms with Crippen molar-refractivity contribution in [2.75, 3.05) is 24.5 Å². The molecule has 0 saturated heterocycles. The zero-order chi connectivity index (χ0) is 25.5. The van der Waals surface area contributed by atoms with Gasteiger partial charge >= 0.3 is 10.3 Å². The fourth-order valence-electron chi connectivity index (χ4n) is 3.87. The van der Waals surface area contributed by atoms with Crippen molar-refractivity contribution in [3.63, 3.8) is 0 Å². The Bertz CT molecular complexity index is 1290. The highest BCUT2D eigenvalue weighted by Gasteiger charge is 2.18. The molecular formula is C25H29N3O6S2. The van der Waals surface area contributed by atoms with E-state index >= 15 is 0 Å². The average Bonchev–Trinajstić information content (AvgIpc) is 3.35. The van der Waals surface area contributed by atoms with Crippen molar-refractivity contribution in [3.8, 4) is 11.5 Å². The van der Waals surface area contributed by atoms with E-state index in [-0.39, 0.29) is 17.5 Å². The number of fused-ring (bicyclic) bond motifs is 1. The van der Waals surface area contributed by atoms with E-state index < -0.39 is 10.3 Å². The molecule has 2 aromatic carbocycles. The lowest BCUT2D eigenvalue weighted by Crippen LogP contribution is -2.25. The van der Waals surface area contributed by atoms with Crippen molar-refractivity contribution in [3.05, 3.63) is 69.7 Å². The van der Waals surface area contributed by atoms with Gasteiger partial charge in [0.2, 0.25) is 0 Å². The van der Waals surface area contributed by atoms with Crippen molar-refractivity contribution in [1.82, 2.24) is 10.3 Å². The van der Waals surface area contributed by atoms with Gasteiger partial charge in [0.1, 0.15) is 18.2 Å². The molecule has 192 valence electrons. The average molecular weight is 532 g/mol. The predicted molar refractivity (Wildman–Crippen MR) is 139 cm³/mol. The smallest absolute Gasteiger partial charge is 0.357 e. The Morgan fingerprint density at radius 2 is 1.89 bits per heavy atom. The van der Waals surface area contributed by atoms with E-state index in [1.807, 2.05) is 16.9 Å². The van der Waals surface area contributed by atoms with Crippen molar-refractivity contribution in [2.45, 2.75) is 38.6 Å². The summed E-state index contributed by atoms with van der Waals surface area (Å²) >= 11 is 1.60. The number of ketones is 1. The van der Waals surface area contributed by atoms with Crippen LogP contribution in [-0.4, -0.2) is 43.5 Å². The molecule has 2 heterocycles. The van der Waals surface area contributed by atoms with Crippen molar-refractivity contribution < 1.29 is 27.2 Å². The van der Waals surface area contributed by atoms with Gasteiger partial charge in [-0.2, -0.15) is 8.42 Å². The Balaban J connectivity index is 1.35. The van der Waals surface area contributed by atoms with Crippen molar-refractivity contribution in [2.24, 2.45) is 0 Å². The van der Waals surface area contributed by atoms with E-state index in [9.17, 15) is 13.2 Å². The molecule has 1 aliphatic heterocycles. The molecule has 4 rings (SSSR count). The number of aryl methyl sites for hydroxylation is 1. The third-order valence-electron chi connectivity index (χ3n) is 5.71. The minimum Gasteiger partial charge on any atom is -0.486 e. The van der Waals surface area contributed by atoms with Crippen molar-refractivity contribution in [1.29, 1.82) is 0 Å². The van der Waals surface area contributed by atoms with Crippen LogP contribution >= 0.6 is 11.3 Å². The molecule has 0 saturated carbocycles. The van der Waals surface area contributed by atoms with Crippen LogP contribution < -0.4 is 19.5 Å². The summed E-state index contributed by atoms with van der Waals surface area (Å²) in [6, 6.07) is 12.1. The van der Waals surface area contributed by atoms with Crippen LogP contribution in [0.15, 0.2) is 47.8 Å². The molecule has 36 heavy (non-hydrogen) atoms. The number of nitrogens with zero attached hydrogens (tertiary/aromatic N) is 1. The maximum atomic E-state index is 12.7. The molecule has 0 amide bonds. The van der Waals surface area contributed by atoms with Gasteiger partial charge in [-0.05, 0) is 61.7 Å². The number of hydrogen-bond donors (Lipinski definition) is 3. The number of carbonyl (C=O) groups excluding carboxylic acids is 1. The van der Waals surface area contributed by atoms with Crippen molar-refractivity contribution >= 4 is 33.1 Å². The molecule has 11 heteroatoms. The molecule has 0 unspecified atom stereocenters. The van der Waals surface area contributed by atoms with Gasteiger partial charge < -0.3 is 14.8 Å². The maximum absolute atomic E-state index is 12.7. The standard InChI is InChI=1S/C25H29N3O6S2/c1-2-19-16-35-25(27-19)21(14-17-5-8-20(9-6-17)28-36(30,31)32)26-11-3-4-22(29)18-7-10-23-24(15-18)34-13-12-33-23/h5-10,15-16,21,26,28H,2-4,11-14H2,1H3,(H,30,31,32)/t21-/m0/s1. The zero-order valence-corrected chi connectivity index (χ0v) is 21.5. The Morgan fingerprint density at radius 3 is 2.58 bits per heavy atom. The first-order valence-corrected chi connectivity index (χ1v) is 14.1. The quantitative estimate of drug-likeness (QED) is 0.180. The Kier molecular flexibility index (Phi) is 8.57. The second kappa shape index (κ2) is 11.8. The molecule has 1 aliphatic rings. The number of nitrogens with one attached hydrogen (secondary N) is 2. The van der Waals surface area contributed by atoms with Gasteiger partial charge in [0.05, 0.1) is 17.4 Å². The summed E-state index contributed by atoms with van der Waals surface area (Å²) < 4.78 is 44.1. The largest absolute Gasteiger partial charge is 0.486 e. The molecule has 0 spiro atoms. The van der Waals surface area contributed by atoms with Crippen LogP contribution in [0.2, 0.25) is 0 Å². The summed E-state index contributed by atoms with van der Waals surface area (Å²) in [5.41, 5.74) is 2.91. The number of Topliss-reactive ketones (excluding diaryl/α,β-unsaturated/α-hetero) is 1. The van der Waals surface area contributed by atoms with E-state index in [0.29, 0.717) is 56.1 Å². The summed E-state index contributed by atoms with van der Waals surface area (Å²) in [7, 11) is -4.31. The number of aromatic nitrogens is 1. The molecule has 0 fully saturated rings. The molecule has 0 radical (unpaired) electrons. The first-order valence-electron chi connectivity index (χ1n) is 11.8. The highest BCUT2D eigenvalue weighted by molar-refractivity contribution is 7.87. The summed E-state index contributed by atoms with van der Waals surface area (Å²) in [6.07, 6.45) is 2.54. The monoisotopic (exact) mass is 531 g/mol. The molecule has 1 atom stereocenters. The van der Waals surface area contributed by atoms with Crippen LogP contribution in [0, 0.1) is 0 Å². The van der Waals surface area contributed by atoms with E-state index in [4.69, 9.17) is 19.0 Å². The Labute approximate surface area is 214 Å². The molecule has 3 N–H and O–H groups in total. The van der Waals surface area contributed by atoms with Gasteiger partial charge in [0.25, 0.3) is 0 Å². The lowest BCUT2D eigenvalue weighted by molar-refractivity contribution is 0.0978. The van der Waals surface area contributed by atoms with Crippen LogP contribution in [0.25, 0.3) is 0 Å². The minimum absolute atomic E-state index is 0.0507. The lowest BCUT2D eigenvalue weighted by Gasteiger charge is -2.19. The van der Waals surface area contributed by atoms with E-state index in [0.717, 1.165) is 22.7 Å². The summed E-state index contributed by atoms with van der Waals surface area (Å²) in [5, 5.41) is 6.54. The van der Waals surface area contributed by atoms with Gasteiger partial charge in [-0.3, -0.25) is 14.1 Å². The summed E-state index contributed by atoms with van der Waals surface area (Å²) in [5.74, 6) is 1.33. The SMILES string of the molecule is CCc1csc([C@H](Cc2ccc(NS(=O)(=O)O)cc2)NCCCC(=O)c2ccc3c(c2)OCCO3)n1. The fraction of sp³-hybridized carbons (Fsp3) is 0.360. The number of anilines is 1. The third-order valence-corrected chi connectivity index (χ3v) is 7.21. The number of thiazole rings is 1. The third kappa shape index (κ3) is 7.26. The van der Waals surface area contributed by atoms with Crippen LogP contribution in [-0.2, 0) is 23.1 Å². The zero-order valence-electron chi connectivity index (χ0n) is 19.9. The van der Waals surface area contributed by atoms with E-state index in [1.54, 1.807) is 41.7 Å². The molecule has 1 aromatic heterocycles. The van der Waals surface area contributed by atoms with Gasteiger partial charge in [-0.15, -0.1) is 11.3 Å². The Morgan fingerprint density at radius 1 is 1.14 bits per heavy atom. The first-order chi connectivity index (χ1) is 17.3. The van der Waals surface area contributed by atoms with E-state index in [1.165, 1.54) is 0 Å². The number of rotatable bonds is 12.